The molecule has 1 aliphatic rings. The van der Waals surface area contributed by atoms with Gasteiger partial charge in [0.05, 0.1) is 18.8 Å². The minimum Gasteiger partial charge on any atom is -0.392 e. The van der Waals surface area contributed by atoms with E-state index in [1.165, 1.54) is 0 Å². The van der Waals surface area contributed by atoms with Crippen molar-refractivity contribution in [2.75, 3.05) is 18.0 Å². The molecule has 106 valence electrons. The number of ether oxygens (including phenoxy) is 1. The lowest BCUT2D eigenvalue weighted by Crippen LogP contribution is -2.45. The molecule has 0 bridgehead atoms. The highest BCUT2D eigenvalue weighted by Crippen LogP contribution is 2.29. The van der Waals surface area contributed by atoms with Gasteiger partial charge in [0, 0.05) is 30.2 Å². The van der Waals surface area contributed by atoms with Crippen LogP contribution in [-0.2, 0) is 11.3 Å². The molecule has 2 atom stereocenters. The number of aliphatic hydroxyl groups is 1. The van der Waals surface area contributed by atoms with Gasteiger partial charge in [-0.25, -0.2) is 4.98 Å². The minimum atomic E-state index is 0.0176. The van der Waals surface area contributed by atoms with Crippen molar-refractivity contribution in [3.05, 3.63) is 36.0 Å². The first-order chi connectivity index (χ1) is 9.69. The summed E-state index contributed by atoms with van der Waals surface area (Å²) in [5, 5.41) is 11.6. The Bertz CT molecular complexity index is 604. The first-order valence-corrected chi connectivity index (χ1v) is 7.07. The number of nitrogens with zero attached hydrogens (tertiary/aromatic N) is 2. The zero-order chi connectivity index (χ0) is 14.1. The van der Waals surface area contributed by atoms with E-state index in [1.54, 1.807) is 6.20 Å². The van der Waals surface area contributed by atoms with Crippen molar-refractivity contribution >= 4 is 16.6 Å². The third-order valence-corrected chi connectivity index (χ3v) is 3.75. The van der Waals surface area contributed by atoms with Crippen LogP contribution in [0.5, 0.6) is 0 Å². The van der Waals surface area contributed by atoms with Crippen molar-refractivity contribution < 1.29 is 9.84 Å². The number of aliphatic hydroxyl groups excluding tert-OH is 1. The lowest BCUT2D eigenvalue weighted by molar-refractivity contribution is -0.00536. The van der Waals surface area contributed by atoms with Gasteiger partial charge in [-0.15, -0.1) is 0 Å². The summed E-state index contributed by atoms with van der Waals surface area (Å²) >= 11 is 0. The molecule has 0 radical (unpaired) electrons. The van der Waals surface area contributed by atoms with Gasteiger partial charge in [0.25, 0.3) is 0 Å². The third-order valence-electron chi connectivity index (χ3n) is 3.75. The minimum absolute atomic E-state index is 0.0176. The molecule has 4 nitrogen and oxygen atoms in total. The number of benzene rings is 1. The van der Waals surface area contributed by atoms with Crippen molar-refractivity contribution in [3.63, 3.8) is 0 Å². The molecule has 0 saturated carbocycles. The molecule has 1 aliphatic heterocycles. The van der Waals surface area contributed by atoms with Gasteiger partial charge in [-0.2, -0.15) is 0 Å². The fraction of sp³-hybridized carbons (Fsp3) is 0.438. The van der Waals surface area contributed by atoms with E-state index < -0.39 is 0 Å². The van der Waals surface area contributed by atoms with Crippen LogP contribution in [0.4, 0.5) is 5.82 Å². The standard InChI is InChI=1S/C16H20N2O2/c1-11-8-18(9-12(2)20-11)16-15-6-4-3-5-14(15)13(10-19)7-17-16/h3-7,11-12,19H,8-10H2,1-2H3/t11-,12+. The van der Waals surface area contributed by atoms with Crippen LogP contribution in [0.3, 0.4) is 0 Å². The molecule has 1 saturated heterocycles. The molecule has 0 aliphatic carbocycles. The van der Waals surface area contributed by atoms with Crippen LogP contribution in [0, 0.1) is 0 Å². The second kappa shape index (κ2) is 5.38. The molecule has 4 heteroatoms. The zero-order valence-electron chi connectivity index (χ0n) is 11.9. The summed E-state index contributed by atoms with van der Waals surface area (Å²) in [5.74, 6) is 0.986. The normalized spacial score (nSPS) is 23.2. The van der Waals surface area contributed by atoms with E-state index in [1.807, 2.05) is 18.2 Å². The Balaban J connectivity index is 2.08. The van der Waals surface area contributed by atoms with Crippen LogP contribution in [0.2, 0.25) is 0 Å². The molecule has 0 amide bonds. The van der Waals surface area contributed by atoms with Crippen molar-refractivity contribution in [3.8, 4) is 0 Å². The fourth-order valence-corrected chi connectivity index (χ4v) is 2.97. The number of rotatable bonds is 2. The average molecular weight is 272 g/mol. The number of anilines is 1. The van der Waals surface area contributed by atoms with Gasteiger partial charge in [0.2, 0.25) is 0 Å². The Morgan fingerprint density at radius 3 is 2.50 bits per heavy atom. The Hall–Kier alpha value is -1.65. The molecule has 2 heterocycles. The van der Waals surface area contributed by atoms with Crippen molar-refractivity contribution in [1.29, 1.82) is 0 Å². The number of aromatic nitrogens is 1. The van der Waals surface area contributed by atoms with E-state index >= 15 is 0 Å². The van der Waals surface area contributed by atoms with E-state index in [0.29, 0.717) is 0 Å². The lowest BCUT2D eigenvalue weighted by atomic mass is 10.1. The topological polar surface area (TPSA) is 45.6 Å². The predicted molar refractivity (Wildman–Crippen MR) is 79.9 cm³/mol. The second-order valence-electron chi connectivity index (χ2n) is 5.47. The van der Waals surface area contributed by atoms with Gasteiger partial charge >= 0.3 is 0 Å². The largest absolute Gasteiger partial charge is 0.392 e. The van der Waals surface area contributed by atoms with Gasteiger partial charge in [0.15, 0.2) is 0 Å². The summed E-state index contributed by atoms with van der Waals surface area (Å²) in [7, 11) is 0. The molecule has 2 aromatic rings. The zero-order valence-corrected chi connectivity index (χ0v) is 11.9. The summed E-state index contributed by atoms with van der Waals surface area (Å²) in [6.07, 6.45) is 2.19. The number of pyridine rings is 1. The number of hydrogen-bond acceptors (Lipinski definition) is 4. The monoisotopic (exact) mass is 272 g/mol. The van der Waals surface area contributed by atoms with E-state index in [9.17, 15) is 5.11 Å². The molecule has 3 rings (SSSR count). The van der Waals surface area contributed by atoms with E-state index in [0.717, 1.165) is 35.2 Å². The number of hydrogen-bond donors (Lipinski definition) is 1. The molecule has 1 fully saturated rings. The highest BCUT2D eigenvalue weighted by atomic mass is 16.5. The van der Waals surface area contributed by atoms with Crippen LogP contribution in [0.15, 0.2) is 30.5 Å². The molecule has 0 unspecified atom stereocenters. The Morgan fingerprint density at radius 2 is 1.85 bits per heavy atom. The molecular formula is C16H20N2O2. The molecule has 20 heavy (non-hydrogen) atoms. The van der Waals surface area contributed by atoms with E-state index in [4.69, 9.17) is 4.74 Å². The maximum Gasteiger partial charge on any atom is 0.136 e. The van der Waals surface area contributed by atoms with Crippen molar-refractivity contribution in [1.82, 2.24) is 4.98 Å². The Morgan fingerprint density at radius 1 is 1.20 bits per heavy atom. The van der Waals surface area contributed by atoms with Gasteiger partial charge in [0.1, 0.15) is 5.82 Å². The smallest absolute Gasteiger partial charge is 0.136 e. The third kappa shape index (κ3) is 2.37. The Labute approximate surface area is 119 Å². The molecule has 1 aromatic heterocycles. The van der Waals surface area contributed by atoms with Gasteiger partial charge in [-0.3, -0.25) is 0 Å². The second-order valence-corrected chi connectivity index (χ2v) is 5.47. The van der Waals surface area contributed by atoms with E-state index in [-0.39, 0.29) is 18.8 Å². The summed E-state index contributed by atoms with van der Waals surface area (Å²) in [6, 6.07) is 8.12. The number of morpholine rings is 1. The Kier molecular flexibility index (Phi) is 3.59. The van der Waals surface area contributed by atoms with Gasteiger partial charge in [-0.05, 0) is 19.2 Å². The summed E-state index contributed by atoms with van der Waals surface area (Å²) < 4.78 is 5.79. The van der Waals surface area contributed by atoms with Crippen molar-refractivity contribution in [2.45, 2.75) is 32.7 Å². The molecular weight excluding hydrogens is 252 g/mol. The highest BCUT2D eigenvalue weighted by Gasteiger charge is 2.24. The lowest BCUT2D eigenvalue weighted by Gasteiger charge is -2.36. The van der Waals surface area contributed by atoms with Gasteiger partial charge < -0.3 is 14.7 Å². The highest BCUT2D eigenvalue weighted by molar-refractivity contribution is 5.94. The van der Waals surface area contributed by atoms with Crippen molar-refractivity contribution in [2.24, 2.45) is 0 Å². The molecule has 0 spiro atoms. The predicted octanol–water partition coefficient (Wildman–Crippen LogP) is 2.34. The fourth-order valence-electron chi connectivity index (χ4n) is 2.97. The summed E-state index contributed by atoms with van der Waals surface area (Å²) in [4.78, 5) is 6.86. The van der Waals surface area contributed by atoms with Crippen LogP contribution in [0.25, 0.3) is 10.8 Å². The number of fused-ring (bicyclic) bond motifs is 1. The van der Waals surface area contributed by atoms with Gasteiger partial charge in [-0.1, -0.05) is 24.3 Å². The van der Waals surface area contributed by atoms with Crippen LogP contribution in [0.1, 0.15) is 19.4 Å². The first kappa shape index (κ1) is 13.3. The maximum absolute atomic E-state index is 9.45. The molecule has 1 N–H and O–H groups in total. The average Bonchev–Trinajstić information content (AvgIpc) is 2.45. The summed E-state index contributed by atoms with van der Waals surface area (Å²) in [5.41, 5.74) is 0.874. The van der Waals surface area contributed by atoms with Crippen LogP contribution < -0.4 is 4.90 Å². The quantitative estimate of drug-likeness (QED) is 0.911. The van der Waals surface area contributed by atoms with Crippen LogP contribution in [-0.4, -0.2) is 35.4 Å². The molecule has 1 aromatic carbocycles. The first-order valence-electron chi connectivity index (χ1n) is 7.07. The summed E-state index contributed by atoms with van der Waals surface area (Å²) in [6.45, 7) is 5.89. The maximum atomic E-state index is 9.45. The SMILES string of the molecule is C[C@@H]1CN(c2ncc(CO)c3ccccc23)C[C@H](C)O1. The van der Waals surface area contributed by atoms with E-state index in [2.05, 4.69) is 29.8 Å². The van der Waals surface area contributed by atoms with Crippen LogP contribution >= 0.6 is 0 Å².